The largest absolute Gasteiger partial charge is 0.384 e. The summed E-state index contributed by atoms with van der Waals surface area (Å²) < 4.78 is 5.07. The number of ether oxygens (including phenoxy) is 1. The van der Waals surface area contributed by atoms with Gasteiger partial charge in [0.25, 0.3) is 0 Å². The van der Waals surface area contributed by atoms with Crippen LogP contribution in [0.1, 0.15) is 12.8 Å². The molecule has 76 valence electrons. The predicted molar refractivity (Wildman–Crippen MR) is 55.0 cm³/mol. The first kappa shape index (κ1) is 11.0. The van der Waals surface area contributed by atoms with E-state index in [0.717, 1.165) is 31.4 Å². The summed E-state index contributed by atoms with van der Waals surface area (Å²) in [5, 5.41) is 0.761. The maximum atomic E-state index is 11.5. The number of likely N-dealkylation sites (tertiary alicyclic amines) is 1. The van der Waals surface area contributed by atoms with Gasteiger partial charge in [0, 0.05) is 37.9 Å². The second-order valence-electron chi connectivity index (χ2n) is 3.39. The zero-order valence-corrected chi connectivity index (χ0v) is 9.55. The first-order valence-electron chi connectivity index (χ1n) is 4.60. The van der Waals surface area contributed by atoms with E-state index < -0.39 is 0 Å². The Morgan fingerprint density at radius 3 is 3.08 bits per heavy atom. The molecule has 0 N–H and O–H groups in total. The average molecular weight is 250 g/mol. The normalized spacial score (nSPS) is 22.3. The van der Waals surface area contributed by atoms with Crippen molar-refractivity contribution in [3.63, 3.8) is 0 Å². The van der Waals surface area contributed by atoms with Crippen molar-refractivity contribution in [3.05, 3.63) is 0 Å². The van der Waals surface area contributed by atoms with Gasteiger partial charge in [-0.05, 0) is 6.42 Å². The molecular weight excluding hydrogens is 234 g/mol. The van der Waals surface area contributed by atoms with Gasteiger partial charge in [-0.2, -0.15) is 0 Å². The molecule has 0 aliphatic carbocycles. The molecule has 13 heavy (non-hydrogen) atoms. The molecule has 1 atom stereocenters. The Kier molecular flexibility index (Phi) is 4.73. The summed E-state index contributed by atoms with van der Waals surface area (Å²) in [5.74, 6) is 0.805. The molecule has 0 aromatic carbocycles. The molecule has 1 amide bonds. The molecule has 1 fully saturated rings. The Bertz CT molecular complexity index is 175. The van der Waals surface area contributed by atoms with Crippen molar-refractivity contribution >= 4 is 21.8 Å². The fraction of sp³-hybridized carbons (Fsp3) is 0.889. The van der Waals surface area contributed by atoms with E-state index in [0.29, 0.717) is 12.3 Å². The van der Waals surface area contributed by atoms with Crippen molar-refractivity contribution in [1.29, 1.82) is 0 Å². The van der Waals surface area contributed by atoms with Crippen molar-refractivity contribution in [3.8, 4) is 0 Å². The van der Waals surface area contributed by atoms with E-state index in [4.69, 9.17) is 4.74 Å². The lowest BCUT2D eigenvalue weighted by Gasteiger charge is -2.15. The van der Waals surface area contributed by atoms with Crippen LogP contribution in [-0.4, -0.2) is 42.9 Å². The summed E-state index contributed by atoms with van der Waals surface area (Å²) in [7, 11) is 1.71. The minimum Gasteiger partial charge on any atom is -0.384 e. The third-order valence-corrected chi connectivity index (χ3v) is 2.75. The number of hydrogen-bond donors (Lipinski definition) is 0. The van der Waals surface area contributed by atoms with Crippen LogP contribution in [0.2, 0.25) is 0 Å². The molecule has 1 saturated heterocycles. The van der Waals surface area contributed by atoms with E-state index in [-0.39, 0.29) is 5.91 Å². The van der Waals surface area contributed by atoms with E-state index >= 15 is 0 Å². The molecule has 1 aliphatic rings. The van der Waals surface area contributed by atoms with Crippen LogP contribution in [0.3, 0.4) is 0 Å². The number of methoxy groups -OCH3 is 1. The van der Waals surface area contributed by atoms with E-state index in [1.807, 2.05) is 4.90 Å². The summed E-state index contributed by atoms with van der Waals surface area (Å²) in [6.45, 7) is 2.55. The molecule has 0 saturated carbocycles. The minimum absolute atomic E-state index is 0.260. The van der Waals surface area contributed by atoms with Gasteiger partial charge in [0.2, 0.25) is 5.91 Å². The topological polar surface area (TPSA) is 29.5 Å². The second-order valence-corrected chi connectivity index (χ2v) is 4.18. The number of carbonyl (C=O) groups is 1. The van der Waals surface area contributed by atoms with Crippen LogP contribution < -0.4 is 0 Å². The third-order valence-electron chi connectivity index (χ3n) is 2.35. The number of halogens is 1. The fourth-order valence-corrected chi connectivity index (χ4v) is 2.01. The molecular formula is C9H16BrNO2. The van der Waals surface area contributed by atoms with E-state index in [1.165, 1.54) is 0 Å². The maximum Gasteiger partial charge on any atom is 0.223 e. The Balaban J connectivity index is 2.27. The van der Waals surface area contributed by atoms with Gasteiger partial charge in [-0.15, -0.1) is 0 Å². The Labute approximate surface area is 87.6 Å². The van der Waals surface area contributed by atoms with E-state index in [9.17, 15) is 4.79 Å². The molecule has 1 heterocycles. The van der Waals surface area contributed by atoms with E-state index in [2.05, 4.69) is 15.9 Å². The minimum atomic E-state index is 0.260. The highest BCUT2D eigenvalue weighted by molar-refractivity contribution is 9.09. The average Bonchev–Trinajstić information content (AvgIpc) is 2.54. The van der Waals surface area contributed by atoms with Crippen LogP contribution in [0.15, 0.2) is 0 Å². The molecule has 0 bridgehead atoms. The highest BCUT2D eigenvalue weighted by Crippen LogP contribution is 2.17. The molecule has 1 aliphatic heterocycles. The summed E-state index contributed by atoms with van der Waals surface area (Å²) in [6.07, 6.45) is 1.70. The van der Waals surface area contributed by atoms with Gasteiger partial charge < -0.3 is 9.64 Å². The summed E-state index contributed by atoms with van der Waals surface area (Å²) in [4.78, 5) is 13.4. The zero-order chi connectivity index (χ0) is 9.68. The van der Waals surface area contributed by atoms with Gasteiger partial charge >= 0.3 is 0 Å². The smallest absolute Gasteiger partial charge is 0.223 e. The molecule has 0 radical (unpaired) electrons. The highest BCUT2D eigenvalue weighted by atomic mass is 79.9. The van der Waals surface area contributed by atoms with Crippen LogP contribution >= 0.6 is 15.9 Å². The number of rotatable bonds is 4. The standard InChI is InChI=1S/C9H16BrNO2/c1-13-7-8-3-5-11(6-8)9(12)2-4-10/h8H,2-7H2,1H3. The van der Waals surface area contributed by atoms with Gasteiger partial charge in [-0.3, -0.25) is 4.79 Å². The lowest BCUT2D eigenvalue weighted by Crippen LogP contribution is -2.29. The first-order valence-corrected chi connectivity index (χ1v) is 5.72. The monoisotopic (exact) mass is 249 g/mol. The Morgan fingerprint density at radius 1 is 1.69 bits per heavy atom. The van der Waals surface area contributed by atoms with Crippen molar-refractivity contribution in [2.75, 3.05) is 32.1 Å². The first-order chi connectivity index (χ1) is 6.27. The van der Waals surface area contributed by atoms with Crippen molar-refractivity contribution in [1.82, 2.24) is 4.90 Å². The van der Waals surface area contributed by atoms with Gasteiger partial charge in [0.15, 0.2) is 0 Å². The van der Waals surface area contributed by atoms with Gasteiger partial charge in [0.1, 0.15) is 0 Å². The predicted octanol–water partition coefficient (Wildman–Crippen LogP) is 1.27. The van der Waals surface area contributed by atoms with Crippen molar-refractivity contribution in [2.45, 2.75) is 12.8 Å². The summed E-state index contributed by atoms with van der Waals surface area (Å²) in [5.41, 5.74) is 0. The van der Waals surface area contributed by atoms with Gasteiger partial charge in [-0.25, -0.2) is 0 Å². The summed E-state index contributed by atoms with van der Waals surface area (Å²) in [6, 6.07) is 0. The summed E-state index contributed by atoms with van der Waals surface area (Å²) >= 11 is 3.27. The molecule has 3 nitrogen and oxygen atoms in total. The fourth-order valence-electron chi connectivity index (χ4n) is 1.67. The lowest BCUT2D eigenvalue weighted by atomic mass is 10.1. The number of carbonyl (C=O) groups excluding carboxylic acids is 1. The van der Waals surface area contributed by atoms with Gasteiger partial charge in [-0.1, -0.05) is 15.9 Å². The van der Waals surface area contributed by atoms with Crippen LogP contribution in [0.5, 0.6) is 0 Å². The van der Waals surface area contributed by atoms with Crippen molar-refractivity contribution in [2.24, 2.45) is 5.92 Å². The quantitative estimate of drug-likeness (QED) is 0.703. The number of alkyl halides is 1. The molecule has 0 aromatic heterocycles. The number of hydrogen-bond acceptors (Lipinski definition) is 2. The molecule has 1 unspecified atom stereocenters. The van der Waals surface area contributed by atoms with Crippen LogP contribution in [-0.2, 0) is 9.53 Å². The molecule has 0 aromatic rings. The van der Waals surface area contributed by atoms with Crippen LogP contribution in [0.4, 0.5) is 0 Å². The second kappa shape index (κ2) is 5.60. The third kappa shape index (κ3) is 3.27. The Morgan fingerprint density at radius 2 is 2.46 bits per heavy atom. The van der Waals surface area contributed by atoms with Crippen LogP contribution in [0, 0.1) is 5.92 Å². The number of amides is 1. The maximum absolute atomic E-state index is 11.5. The highest BCUT2D eigenvalue weighted by Gasteiger charge is 2.25. The lowest BCUT2D eigenvalue weighted by molar-refractivity contribution is -0.129. The molecule has 0 spiro atoms. The van der Waals surface area contributed by atoms with Crippen LogP contribution in [0.25, 0.3) is 0 Å². The zero-order valence-electron chi connectivity index (χ0n) is 7.96. The molecule has 1 rings (SSSR count). The Hall–Kier alpha value is -0.0900. The van der Waals surface area contributed by atoms with Crippen molar-refractivity contribution < 1.29 is 9.53 Å². The van der Waals surface area contributed by atoms with Gasteiger partial charge in [0.05, 0.1) is 6.61 Å². The molecule has 4 heteroatoms. The SMILES string of the molecule is COCC1CCN(C(=O)CCBr)C1. The van der Waals surface area contributed by atoms with E-state index in [1.54, 1.807) is 7.11 Å². The number of nitrogens with zero attached hydrogens (tertiary/aromatic N) is 1.